The number of ether oxygens (including phenoxy) is 2. The van der Waals surface area contributed by atoms with Crippen molar-refractivity contribution in [1.29, 1.82) is 0 Å². The highest BCUT2D eigenvalue weighted by Crippen LogP contribution is 2.55. The van der Waals surface area contributed by atoms with E-state index < -0.39 is 6.29 Å². The fourth-order valence-electron chi connectivity index (χ4n) is 8.16. The molecule has 2 amide bonds. The summed E-state index contributed by atoms with van der Waals surface area (Å²) in [6.45, 7) is 0.0180. The van der Waals surface area contributed by atoms with Crippen LogP contribution in [0.2, 0.25) is 0 Å². The van der Waals surface area contributed by atoms with Crippen LogP contribution in [0.25, 0.3) is 0 Å². The summed E-state index contributed by atoms with van der Waals surface area (Å²) < 4.78 is 13.1. The number of nitrogens with one attached hydrogen (secondary N) is 2. The van der Waals surface area contributed by atoms with Crippen LogP contribution in [-0.2, 0) is 16.1 Å². The second kappa shape index (κ2) is 12.0. The Hall–Kier alpha value is -2.84. The minimum atomic E-state index is -0.560. The third-order valence-corrected chi connectivity index (χ3v) is 10.8. The van der Waals surface area contributed by atoms with E-state index in [0.717, 1.165) is 71.6 Å². The van der Waals surface area contributed by atoms with Crippen molar-refractivity contribution in [2.24, 2.45) is 17.8 Å². The summed E-state index contributed by atoms with van der Waals surface area (Å²) in [5.74, 6) is 3.14. The van der Waals surface area contributed by atoms with Crippen molar-refractivity contribution < 1.29 is 19.4 Å². The first-order valence-electron chi connectivity index (χ1n) is 15.4. The lowest BCUT2D eigenvalue weighted by molar-refractivity contribution is -0.245. The van der Waals surface area contributed by atoms with Crippen LogP contribution in [0.4, 0.5) is 10.5 Å². The second-order valence-corrected chi connectivity index (χ2v) is 14.0. The van der Waals surface area contributed by atoms with Crippen molar-refractivity contribution in [3.63, 3.8) is 0 Å². The number of benzene rings is 3. The smallest absolute Gasteiger partial charge is 0.319 e. The summed E-state index contributed by atoms with van der Waals surface area (Å²) in [7, 11) is 0. The molecule has 6 nitrogen and oxygen atoms in total. The van der Waals surface area contributed by atoms with Crippen LogP contribution in [0.5, 0.6) is 0 Å². The Balaban J connectivity index is 1.05. The van der Waals surface area contributed by atoms with Gasteiger partial charge in [-0.2, -0.15) is 0 Å². The number of urea groups is 1. The van der Waals surface area contributed by atoms with Gasteiger partial charge in [-0.05, 0) is 91.7 Å². The monoisotopic (exact) mass is 584 g/mol. The highest BCUT2D eigenvalue weighted by atomic mass is 32.2. The molecule has 0 spiro atoms. The third kappa shape index (κ3) is 6.25. The molecule has 1 heterocycles. The number of anilines is 1. The number of aliphatic hydroxyl groups excluding tert-OH is 1. The molecule has 3 aromatic rings. The molecule has 5 aliphatic rings. The first-order valence-corrected chi connectivity index (χ1v) is 16.4. The van der Waals surface area contributed by atoms with Crippen LogP contribution in [0, 0.1) is 17.8 Å². The zero-order chi connectivity index (χ0) is 28.5. The quantitative estimate of drug-likeness (QED) is 0.238. The van der Waals surface area contributed by atoms with E-state index in [0.29, 0.717) is 0 Å². The summed E-state index contributed by atoms with van der Waals surface area (Å²) in [5.41, 5.74) is 3.54. The highest BCUT2D eigenvalue weighted by Gasteiger charge is 2.51. The number of rotatable bonds is 8. The van der Waals surface area contributed by atoms with Crippen molar-refractivity contribution in [3.05, 3.63) is 95.6 Å². The van der Waals surface area contributed by atoms with E-state index in [1.165, 1.54) is 24.2 Å². The molecule has 5 fully saturated rings. The molecular formula is C35H40N2O4S. The number of amides is 2. The molecule has 4 saturated carbocycles. The summed E-state index contributed by atoms with van der Waals surface area (Å²) in [4.78, 5) is 14.5. The lowest BCUT2D eigenvalue weighted by Gasteiger charge is -2.56. The standard InChI is InChI=1S/C35H40N2O4S/c38-21-23-9-11-27(12-10-23)32-17-30(22-42-31-7-2-1-3-8-31)40-33(41-32)28-5-4-6-29(16-28)36-34(39)37-35-18-24-13-25(19-35)15-26(14-24)20-35/h1-12,16,24-26,30,32-33,38H,13-15,17-22H2,(H2,36,37,39). The molecule has 7 heteroatoms. The van der Waals surface area contributed by atoms with Gasteiger partial charge in [-0.25, -0.2) is 4.79 Å². The number of carbonyl (C=O) groups is 1. The van der Waals surface area contributed by atoms with Gasteiger partial charge in [0.15, 0.2) is 6.29 Å². The number of hydrogen-bond donors (Lipinski definition) is 3. The van der Waals surface area contributed by atoms with Gasteiger partial charge in [-0.3, -0.25) is 0 Å². The lowest BCUT2D eigenvalue weighted by Crippen LogP contribution is -2.60. The minimum absolute atomic E-state index is 0.0180. The van der Waals surface area contributed by atoms with Crippen LogP contribution in [0.15, 0.2) is 83.8 Å². The van der Waals surface area contributed by atoms with Crippen LogP contribution in [-0.4, -0.2) is 28.5 Å². The molecule has 0 aromatic heterocycles. The maximum atomic E-state index is 13.2. The molecule has 3 N–H and O–H groups in total. The van der Waals surface area contributed by atoms with Gasteiger partial charge in [-0.15, -0.1) is 11.8 Å². The zero-order valence-electron chi connectivity index (χ0n) is 23.9. The van der Waals surface area contributed by atoms with Gasteiger partial charge in [-0.1, -0.05) is 54.6 Å². The molecule has 8 rings (SSSR count). The first kappa shape index (κ1) is 28.0. The predicted molar refractivity (Wildman–Crippen MR) is 165 cm³/mol. The molecule has 3 atom stereocenters. The molecule has 220 valence electrons. The van der Waals surface area contributed by atoms with Crippen molar-refractivity contribution in [2.45, 2.75) is 80.5 Å². The highest BCUT2D eigenvalue weighted by molar-refractivity contribution is 7.99. The van der Waals surface area contributed by atoms with Gasteiger partial charge < -0.3 is 25.2 Å². The van der Waals surface area contributed by atoms with E-state index in [1.54, 1.807) is 11.8 Å². The Kier molecular flexibility index (Phi) is 8.01. The Morgan fingerprint density at radius 1 is 0.833 bits per heavy atom. The summed E-state index contributed by atoms with van der Waals surface area (Å²) in [6.07, 6.45) is 7.44. The topological polar surface area (TPSA) is 79.8 Å². The van der Waals surface area contributed by atoms with Crippen LogP contribution in [0.3, 0.4) is 0 Å². The summed E-state index contributed by atoms with van der Waals surface area (Å²) in [6, 6.07) is 26.1. The molecule has 3 unspecified atom stereocenters. The Morgan fingerprint density at radius 3 is 2.24 bits per heavy atom. The number of aliphatic hydroxyl groups is 1. The van der Waals surface area contributed by atoms with Crippen LogP contribution in [0.1, 0.15) is 74.0 Å². The van der Waals surface area contributed by atoms with Crippen molar-refractivity contribution in [1.82, 2.24) is 5.32 Å². The number of carbonyl (C=O) groups excluding carboxylic acids is 1. The molecule has 0 radical (unpaired) electrons. The maximum absolute atomic E-state index is 13.2. The Bertz CT molecular complexity index is 1350. The van der Waals surface area contributed by atoms with Gasteiger partial charge in [0.2, 0.25) is 0 Å². The minimum Gasteiger partial charge on any atom is -0.392 e. The number of thioether (sulfide) groups is 1. The van der Waals surface area contributed by atoms with E-state index in [9.17, 15) is 9.90 Å². The van der Waals surface area contributed by atoms with Crippen molar-refractivity contribution in [3.8, 4) is 0 Å². The van der Waals surface area contributed by atoms with Gasteiger partial charge in [0, 0.05) is 33.9 Å². The van der Waals surface area contributed by atoms with E-state index in [4.69, 9.17) is 9.47 Å². The maximum Gasteiger partial charge on any atom is 0.319 e. The first-order chi connectivity index (χ1) is 20.5. The average molecular weight is 585 g/mol. The summed E-state index contributed by atoms with van der Waals surface area (Å²) >= 11 is 1.79. The Labute approximate surface area is 252 Å². The molecule has 4 aliphatic carbocycles. The molecular weight excluding hydrogens is 544 g/mol. The lowest BCUT2D eigenvalue weighted by atomic mass is 9.53. The molecule has 42 heavy (non-hydrogen) atoms. The predicted octanol–water partition coefficient (Wildman–Crippen LogP) is 7.61. The molecule has 4 bridgehead atoms. The van der Waals surface area contributed by atoms with E-state index in [1.807, 2.05) is 54.6 Å². The van der Waals surface area contributed by atoms with Gasteiger partial charge in [0.25, 0.3) is 0 Å². The number of hydrogen-bond acceptors (Lipinski definition) is 5. The SMILES string of the molecule is O=C(Nc1cccc(C2OC(CSc3ccccc3)CC(c3ccc(CO)cc3)O2)c1)NC12CC3CC(CC(C3)C1)C2. The second-order valence-electron chi connectivity index (χ2n) is 12.9. The van der Waals surface area contributed by atoms with E-state index >= 15 is 0 Å². The average Bonchev–Trinajstić information content (AvgIpc) is 2.99. The van der Waals surface area contributed by atoms with Gasteiger partial charge >= 0.3 is 6.03 Å². The molecule has 1 saturated heterocycles. The van der Waals surface area contributed by atoms with Gasteiger partial charge in [0.05, 0.1) is 18.8 Å². The fraction of sp³-hybridized carbons (Fsp3) is 0.457. The van der Waals surface area contributed by atoms with Crippen molar-refractivity contribution >= 4 is 23.5 Å². The molecule has 1 aliphatic heterocycles. The van der Waals surface area contributed by atoms with E-state index in [-0.39, 0.29) is 30.4 Å². The summed E-state index contributed by atoms with van der Waals surface area (Å²) in [5, 5.41) is 16.0. The zero-order valence-corrected chi connectivity index (χ0v) is 24.7. The molecule has 3 aromatic carbocycles. The largest absolute Gasteiger partial charge is 0.392 e. The fourth-order valence-corrected chi connectivity index (χ4v) is 9.10. The third-order valence-electron chi connectivity index (χ3n) is 9.63. The van der Waals surface area contributed by atoms with Crippen molar-refractivity contribution in [2.75, 3.05) is 11.1 Å². The normalized spacial score (nSPS) is 31.5. The van der Waals surface area contributed by atoms with Crippen LogP contribution < -0.4 is 10.6 Å². The Morgan fingerprint density at radius 2 is 1.55 bits per heavy atom. The van der Waals surface area contributed by atoms with Gasteiger partial charge in [0.1, 0.15) is 0 Å². The van der Waals surface area contributed by atoms with Crippen LogP contribution >= 0.6 is 11.8 Å². The van der Waals surface area contributed by atoms with E-state index in [2.05, 4.69) is 34.9 Å².